The van der Waals surface area contributed by atoms with Gasteiger partial charge in [0.1, 0.15) is 11.5 Å². The summed E-state index contributed by atoms with van der Waals surface area (Å²) in [6, 6.07) is 25.3. The summed E-state index contributed by atoms with van der Waals surface area (Å²) in [6.07, 6.45) is 9.65. The summed E-state index contributed by atoms with van der Waals surface area (Å²) in [5.74, 6) is 0.917. The molecule has 0 aliphatic carbocycles. The number of carbonyl (C=O) groups is 2. The van der Waals surface area contributed by atoms with Gasteiger partial charge >= 0.3 is 0 Å². The summed E-state index contributed by atoms with van der Waals surface area (Å²) in [5, 5.41) is 7.73. The van der Waals surface area contributed by atoms with Crippen LogP contribution in [0.4, 0.5) is 5.69 Å². The fourth-order valence-corrected chi connectivity index (χ4v) is 5.76. The monoisotopic (exact) mass is 599 g/mol. The summed E-state index contributed by atoms with van der Waals surface area (Å²) in [4.78, 5) is 39.1. The molecule has 3 aromatic heterocycles. The number of amides is 2. The molecule has 6 rings (SSSR count). The fourth-order valence-electron chi connectivity index (χ4n) is 5.76. The molecule has 45 heavy (non-hydrogen) atoms. The van der Waals surface area contributed by atoms with Crippen LogP contribution in [-0.2, 0) is 11.2 Å². The van der Waals surface area contributed by atoms with Crippen LogP contribution in [0.1, 0.15) is 29.0 Å². The van der Waals surface area contributed by atoms with Crippen molar-refractivity contribution in [1.82, 2.24) is 29.4 Å². The Bertz CT molecular complexity index is 1830. The van der Waals surface area contributed by atoms with Crippen molar-refractivity contribution >= 4 is 23.0 Å². The number of nitrogens with zero attached hydrogens (tertiary/aromatic N) is 6. The van der Waals surface area contributed by atoms with E-state index in [-0.39, 0.29) is 11.8 Å². The zero-order chi connectivity index (χ0) is 31.2. The molecule has 1 aliphatic rings. The number of carbonyl (C=O) groups excluding carboxylic acids is 2. The minimum Gasteiger partial charge on any atom is -0.338 e. The minimum absolute atomic E-state index is 0.0171. The van der Waals surface area contributed by atoms with Gasteiger partial charge in [-0.1, -0.05) is 48.5 Å². The molecule has 1 atom stereocenters. The highest BCUT2D eigenvalue weighted by Crippen LogP contribution is 2.34. The Hall–Kier alpha value is -5.15. The average molecular weight is 600 g/mol. The third-order valence-electron chi connectivity index (χ3n) is 8.01. The van der Waals surface area contributed by atoms with Gasteiger partial charge in [-0.05, 0) is 69.3 Å². The Balaban J connectivity index is 1.10. The van der Waals surface area contributed by atoms with E-state index in [1.807, 2.05) is 77.2 Å². The Morgan fingerprint density at radius 1 is 1.02 bits per heavy atom. The topological polar surface area (TPSA) is 95.7 Å². The predicted molar refractivity (Wildman–Crippen MR) is 177 cm³/mol. The molecule has 5 aromatic rings. The van der Waals surface area contributed by atoms with Gasteiger partial charge in [-0.25, -0.2) is 14.5 Å². The summed E-state index contributed by atoms with van der Waals surface area (Å²) < 4.78 is 1.90. The number of pyridine rings is 1. The van der Waals surface area contributed by atoms with Crippen molar-refractivity contribution in [2.24, 2.45) is 5.92 Å². The molecule has 9 heteroatoms. The molecular weight excluding hydrogens is 562 g/mol. The summed E-state index contributed by atoms with van der Waals surface area (Å²) in [7, 11) is 3.88. The van der Waals surface area contributed by atoms with Gasteiger partial charge < -0.3 is 15.1 Å². The number of benzene rings is 2. The maximum atomic E-state index is 13.3. The molecule has 2 aromatic carbocycles. The summed E-state index contributed by atoms with van der Waals surface area (Å²) in [6.45, 7) is 2.07. The zero-order valence-corrected chi connectivity index (χ0v) is 25.6. The molecule has 1 N–H and O–H groups in total. The molecular formula is C36H37N7O2. The van der Waals surface area contributed by atoms with Gasteiger partial charge in [0.25, 0.3) is 5.91 Å². The van der Waals surface area contributed by atoms with Crippen LogP contribution in [0.2, 0.25) is 0 Å². The first kappa shape index (κ1) is 29.9. The average Bonchev–Trinajstić information content (AvgIpc) is 3.69. The van der Waals surface area contributed by atoms with E-state index in [2.05, 4.69) is 28.5 Å². The third kappa shape index (κ3) is 7.16. The van der Waals surface area contributed by atoms with E-state index in [4.69, 9.17) is 10.1 Å². The third-order valence-corrected chi connectivity index (χ3v) is 8.01. The Kier molecular flexibility index (Phi) is 9.07. The number of anilines is 1. The molecule has 228 valence electrons. The van der Waals surface area contributed by atoms with Crippen LogP contribution in [0.5, 0.6) is 0 Å². The predicted octanol–water partition coefficient (Wildman–Crippen LogP) is 5.61. The van der Waals surface area contributed by atoms with Crippen LogP contribution >= 0.6 is 0 Å². The van der Waals surface area contributed by atoms with Crippen molar-refractivity contribution in [3.63, 3.8) is 0 Å². The lowest BCUT2D eigenvalue weighted by Crippen LogP contribution is -2.28. The number of fused-ring (bicyclic) bond motifs is 1. The number of hydrogen-bond acceptors (Lipinski definition) is 6. The molecule has 0 bridgehead atoms. The van der Waals surface area contributed by atoms with Gasteiger partial charge in [0, 0.05) is 61.3 Å². The molecule has 9 nitrogen and oxygen atoms in total. The second-order valence-electron chi connectivity index (χ2n) is 11.7. The molecule has 1 aliphatic heterocycles. The van der Waals surface area contributed by atoms with Crippen LogP contribution in [0, 0.1) is 5.92 Å². The quantitative estimate of drug-likeness (QED) is 0.210. The van der Waals surface area contributed by atoms with E-state index < -0.39 is 0 Å². The number of likely N-dealkylation sites (N-methyl/N-ethyl adjacent to an activating group) is 1. The van der Waals surface area contributed by atoms with E-state index in [1.165, 1.54) is 6.08 Å². The van der Waals surface area contributed by atoms with Crippen molar-refractivity contribution in [2.45, 2.75) is 19.3 Å². The maximum absolute atomic E-state index is 13.3. The van der Waals surface area contributed by atoms with Gasteiger partial charge in [-0.15, -0.1) is 0 Å². The normalized spacial score (nSPS) is 14.9. The second kappa shape index (κ2) is 13.7. The molecule has 4 heterocycles. The van der Waals surface area contributed by atoms with E-state index in [0.29, 0.717) is 36.8 Å². The van der Waals surface area contributed by atoms with E-state index in [0.717, 1.165) is 53.1 Å². The first-order valence-electron chi connectivity index (χ1n) is 15.3. The summed E-state index contributed by atoms with van der Waals surface area (Å²) >= 11 is 0. The lowest BCUT2D eigenvalue weighted by molar-refractivity contribution is -0.111. The molecule has 1 saturated heterocycles. The number of likely N-dealkylation sites (tertiary alicyclic amines) is 1. The van der Waals surface area contributed by atoms with Gasteiger partial charge in [0.05, 0.1) is 16.8 Å². The first-order chi connectivity index (χ1) is 21.9. The number of rotatable bonds is 10. The first-order valence-corrected chi connectivity index (χ1v) is 15.3. The number of hydrogen-bond donors (Lipinski definition) is 1. The Morgan fingerprint density at radius 3 is 2.71 bits per heavy atom. The van der Waals surface area contributed by atoms with Gasteiger partial charge in [-0.2, -0.15) is 5.10 Å². The molecule has 0 spiro atoms. The van der Waals surface area contributed by atoms with E-state index in [1.54, 1.807) is 30.3 Å². The minimum atomic E-state index is -0.216. The second-order valence-corrected chi connectivity index (χ2v) is 11.7. The van der Waals surface area contributed by atoms with Crippen molar-refractivity contribution in [3.8, 4) is 22.5 Å². The van der Waals surface area contributed by atoms with Gasteiger partial charge in [0.2, 0.25) is 5.91 Å². The molecule has 0 radical (unpaired) electrons. The van der Waals surface area contributed by atoms with E-state index >= 15 is 0 Å². The maximum Gasteiger partial charge on any atom is 0.253 e. The Morgan fingerprint density at radius 2 is 1.87 bits per heavy atom. The standard InChI is InChI=1S/C36H37N7O2/c1-41(2)21-9-15-33(44)38-29-13-8-12-28(24-29)36(45)42-23-19-26(25-42)16-17-32-37-20-18-30(39-32)34-31-14-6-7-22-43(31)40-35(34)27-10-4-3-5-11-27/h3-15,18,20,22,24,26H,16-17,19,21,23,25H2,1-2H3,(H,38,44)/b15-9+/t26-/m0/s1. The molecule has 0 saturated carbocycles. The zero-order valence-electron chi connectivity index (χ0n) is 25.6. The van der Waals surface area contributed by atoms with E-state index in [9.17, 15) is 9.59 Å². The van der Waals surface area contributed by atoms with Crippen LogP contribution in [0.15, 0.2) is 103 Å². The van der Waals surface area contributed by atoms with Gasteiger partial charge in [-0.3, -0.25) is 9.59 Å². The van der Waals surface area contributed by atoms with Crippen LogP contribution in [-0.4, -0.2) is 74.9 Å². The van der Waals surface area contributed by atoms with Crippen LogP contribution in [0.25, 0.3) is 28.0 Å². The molecule has 2 amide bonds. The smallest absolute Gasteiger partial charge is 0.253 e. The molecule has 0 unspecified atom stereocenters. The van der Waals surface area contributed by atoms with Crippen molar-refractivity contribution in [2.75, 3.05) is 39.0 Å². The highest BCUT2D eigenvalue weighted by Gasteiger charge is 2.27. The van der Waals surface area contributed by atoms with Crippen molar-refractivity contribution in [1.29, 1.82) is 0 Å². The van der Waals surface area contributed by atoms with Crippen LogP contribution < -0.4 is 5.32 Å². The lowest BCUT2D eigenvalue weighted by atomic mass is 10.0. The van der Waals surface area contributed by atoms with Crippen molar-refractivity contribution in [3.05, 3.63) is 115 Å². The summed E-state index contributed by atoms with van der Waals surface area (Å²) in [5.41, 5.74) is 5.95. The number of nitrogens with one attached hydrogen (secondary N) is 1. The largest absolute Gasteiger partial charge is 0.338 e. The SMILES string of the molecule is CN(C)C/C=C/C(=O)Nc1cccc(C(=O)N2CC[C@H](CCc3nccc(-c4c(-c5ccccc5)nn5ccccc45)n3)C2)c1. The van der Waals surface area contributed by atoms with Gasteiger partial charge in [0.15, 0.2) is 0 Å². The fraction of sp³-hybridized carbons (Fsp3) is 0.250. The molecule has 1 fully saturated rings. The van der Waals surface area contributed by atoms with Crippen molar-refractivity contribution < 1.29 is 9.59 Å². The highest BCUT2D eigenvalue weighted by molar-refractivity contribution is 6.01. The van der Waals surface area contributed by atoms with Crippen LogP contribution in [0.3, 0.4) is 0 Å². The highest BCUT2D eigenvalue weighted by atomic mass is 16.2. The number of aryl methyl sites for hydroxylation is 1. The Labute approximate surface area is 263 Å². The number of aromatic nitrogens is 4. The lowest BCUT2D eigenvalue weighted by Gasteiger charge is -2.17.